The highest BCUT2D eigenvalue weighted by atomic mass is 79.9. The van der Waals surface area contributed by atoms with E-state index in [-0.39, 0.29) is 11.6 Å². The highest BCUT2D eigenvalue weighted by Crippen LogP contribution is 2.28. The fourth-order valence-electron chi connectivity index (χ4n) is 2.52. The Kier molecular flexibility index (Phi) is 6.32. The summed E-state index contributed by atoms with van der Waals surface area (Å²) in [6.07, 6.45) is 6.28. The lowest BCUT2D eigenvalue weighted by Crippen LogP contribution is -2.29. The molecule has 126 valence electrons. The Bertz CT molecular complexity index is 753. The van der Waals surface area contributed by atoms with Crippen LogP contribution in [-0.2, 0) is 0 Å². The summed E-state index contributed by atoms with van der Waals surface area (Å²) >= 11 is 3.27. The molecule has 0 saturated carbocycles. The number of benzene rings is 1. The van der Waals surface area contributed by atoms with E-state index in [2.05, 4.69) is 54.2 Å². The van der Waals surface area contributed by atoms with Gasteiger partial charge < -0.3 is 5.32 Å². The molecule has 0 bridgehead atoms. The van der Waals surface area contributed by atoms with Crippen molar-refractivity contribution in [2.24, 2.45) is 0 Å². The van der Waals surface area contributed by atoms with Crippen LogP contribution in [0.1, 0.15) is 54.3 Å². The number of fused-ring (bicyclic) bond motifs is 1. The van der Waals surface area contributed by atoms with Crippen LogP contribution in [-0.4, -0.2) is 18.1 Å². The number of carbonyl (C=O) groups excluding carboxylic acids is 2. The third kappa shape index (κ3) is 4.32. The Hall–Kier alpha value is -1.94. The van der Waals surface area contributed by atoms with Crippen molar-refractivity contribution in [3.63, 3.8) is 0 Å². The SMILES string of the molecule is CC(C)=CCC/C(C)=C/CNC1=C(Br)C(=O)c2ccccc2C1=O. The van der Waals surface area contributed by atoms with Crippen LogP contribution in [0, 0.1) is 0 Å². The lowest BCUT2D eigenvalue weighted by atomic mass is 9.92. The minimum absolute atomic E-state index is 0.146. The molecule has 0 spiro atoms. The molecule has 3 nitrogen and oxygen atoms in total. The third-order valence-electron chi connectivity index (χ3n) is 3.88. The predicted octanol–water partition coefficient (Wildman–Crippen LogP) is 4.95. The van der Waals surface area contributed by atoms with Gasteiger partial charge in [-0.1, -0.05) is 47.6 Å². The normalized spacial score (nSPS) is 14.6. The zero-order chi connectivity index (χ0) is 17.7. The smallest absolute Gasteiger partial charge is 0.210 e. The van der Waals surface area contributed by atoms with Crippen molar-refractivity contribution in [1.82, 2.24) is 5.32 Å². The van der Waals surface area contributed by atoms with Crippen LogP contribution in [0.25, 0.3) is 0 Å². The van der Waals surface area contributed by atoms with E-state index in [1.165, 1.54) is 11.1 Å². The minimum Gasteiger partial charge on any atom is -0.377 e. The van der Waals surface area contributed by atoms with Crippen molar-refractivity contribution in [3.8, 4) is 0 Å². The van der Waals surface area contributed by atoms with Crippen LogP contribution in [0.4, 0.5) is 0 Å². The van der Waals surface area contributed by atoms with E-state index < -0.39 is 0 Å². The van der Waals surface area contributed by atoms with Gasteiger partial charge in [0.15, 0.2) is 0 Å². The average molecular weight is 388 g/mol. The van der Waals surface area contributed by atoms with Crippen LogP contribution >= 0.6 is 15.9 Å². The number of hydrogen-bond donors (Lipinski definition) is 1. The van der Waals surface area contributed by atoms with E-state index in [0.29, 0.717) is 27.9 Å². The van der Waals surface area contributed by atoms with Crippen molar-refractivity contribution in [2.45, 2.75) is 33.6 Å². The maximum atomic E-state index is 12.6. The molecule has 1 N–H and O–H groups in total. The standard InChI is InChI=1S/C20H22BrNO2/c1-13(2)7-6-8-14(3)11-12-22-18-17(21)19(23)15-9-4-5-10-16(15)20(18)24/h4-5,7,9-11,22H,6,8,12H2,1-3H3/b14-11+. The fourth-order valence-corrected chi connectivity index (χ4v) is 3.05. The number of nitrogens with one attached hydrogen (secondary N) is 1. The molecule has 4 heteroatoms. The minimum atomic E-state index is -0.156. The first-order valence-corrected chi connectivity index (χ1v) is 8.82. The van der Waals surface area contributed by atoms with Crippen LogP contribution in [0.3, 0.4) is 0 Å². The second kappa shape index (κ2) is 8.25. The fraction of sp³-hybridized carbons (Fsp3) is 0.300. The van der Waals surface area contributed by atoms with Crippen molar-refractivity contribution < 1.29 is 9.59 Å². The molecule has 2 rings (SSSR count). The maximum absolute atomic E-state index is 12.6. The first-order valence-electron chi connectivity index (χ1n) is 8.03. The van der Waals surface area contributed by atoms with E-state index in [1.807, 2.05) is 0 Å². The van der Waals surface area contributed by atoms with Gasteiger partial charge in [-0.2, -0.15) is 0 Å². The summed E-state index contributed by atoms with van der Waals surface area (Å²) in [5.41, 5.74) is 3.82. The lowest BCUT2D eigenvalue weighted by Gasteiger charge is -2.18. The molecule has 0 atom stereocenters. The molecule has 0 amide bonds. The molecule has 1 aliphatic carbocycles. The van der Waals surface area contributed by atoms with Crippen molar-refractivity contribution in [2.75, 3.05) is 6.54 Å². The largest absolute Gasteiger partial charge is 0.377 e. The number of hydrogen-bond acceptors (Lipinski definition) is 3. The van der Waals surface area contributed by atoms with Crippen molar-refractivity contribution in [1.29, 1.82) is 0 Å². The number of carbonyl (C=O) groups is 2. The number of ketones is 2. The Balaban J connectivity index is 2.05. The van der Waals surface area contributed by atoms with E-state index in [1.54, 1.807) is 24.3 Å². The van der Waals surface area contributed by atoms with Gasteiger partial charge in [-0.3, -0.25) is 9.59 Å². The van der Waals surface area contributed by atoms with Gasteiger partial charge in [0.05, 0.1) is 4.48 Å². The molecule has 0 aromatic heterocycles. The van der Waals surface area contributed by atoms with Crippen molar-refractivity contribution >= 4 is 27.5 Å². The molecule has 0 aliphatic heterocycles. The summed E-state index contributed by atoms with van der Waals surface area (Å²) in [4.78, 5) is 24.9. The summed E-state index contributed by atoms with van der Waals surface area (Å²) in [5.74, 6) is -0.301. The summed E-state index contributed by atoms with van der Waals surface area (Å²) in [5, 5.41) is 3.09. The molecule has 1 aromatic rings. The first-order chi connectivity index (χ1) is 11.4. The molecule has 1 aromatic carbocycles. The monoisotopic (exact) mass is 387 g/mol. The number of halogens is 1. The van der Waals surface area contributed by atoms with Gasteiger partial charge in [-0.15, -0.1) is 0 Å². The summed E-state index contributed by atoms with van der Waals surface area (Å²) in [7, 11) is 0. The molecule has 1 aliphatic rings. The predicted molar refractivity (Wildman–Crippen MR) is 101 cm³/mol. The topological polar surface area (TPSA) is 46.2 Å². The number of allylic oxidation sites excluding steroid dienone is 5. The van der Waals surface area contributed by atoms with Gasteiger partial charge in [-0.05, 0) is 49.5 Å². The van der Waals surface area contributed by atoms with Crippen LogP contribution in [0.15, 0.2) is 57.7 Å². The molecular weight excluding hydrogens is 366 g/mol. The van der Waals surface area contributed by atoms with Gasteiger partial charge in [0.2, 0.25) is 11.6 Å². The molecule has 0 saturated heterocycles. The molecule has 0 fully saturated rings. The van der Waals surface area contributed by atoms with Crippen LogP contribution in [0.5, 0.6) is 0 Å². The van der Waals surface area contributed by atoms with Gasteiger partial charge in [0.25, 0.3) is 0 Å². The second-order valence-electron chi connectivity index (χ2n) is 6.14. The van der Waals surface area contributed by atoms with E-state index in [9.17, 15) is 9.59 Å². The second-order valence-corrected chi connectivity index (χ2v) is 6.94. The Morgan fingerprint density at radius 1 is 1.04 bits per heavy atom. The molecule has 0 heterocycles. The maximum Gasteiger partial charge on any atom is 0.210 e. The quantitative estimate of drug-likeness (QED) is 0.701. The first kappa shape index (κ1) is 18.4. The van der Waals surface area contributed by atoms with Gasteiger partial charge in [0.1, 0.15) is 5.70 Å². The third-order valence-corrected chi connectivity index (χ3v) is 4.64. The van der Waals surface area contributed by atoms with Crippen LogP contribution < -0.4 is 5.32 Å². The summed E-state index contributed by atoms with van der Waals surface area (Å²) in [6.45, 7) is 6.78. The number of rotatable bonds is 6. The van der Waals surface area contributed by atoms with Crippen LogP contribution in [0.2, 0.25) is 0 Å². The highest BCUT2D eigenvalue weighted by molar-refractivity contribution is 9.12. The van der Waals surface area contributed by atoms with Crippen molar-refractivity contribution in [3.05, 3.63) is 68.9 Å². The summed E-state index contributed by atoms with van der Waals surface area (Å²) < 4.78 is 0.307. The highest BCUT2D eigenvalue weighted by Gasteiger charge is 2.30. The van der Waals surface area contributed by atoms with Gasteiger partial charge in [0, 0.05) is 17.7 Å². The zero-order valence-corrected chi connectivity index (χ0v) is 15.9. The van der Waals surface area contributed by atoms with E-state index >= 15 is 0 Å². The molecule has 0 unspecified atom stereocenters. The Labute approximate surface area is 151 Å². The van der Waals surface area contributed by atoms with Gasteiger partial charge >= 0.3 is 0 Å². The Morgan fingerprint density at radius 3 is 2.29 bits per heavy atom. The van der Waals surface area contributed by atoms with E-state index in [4.69, 9.17) is 0 Å². The Morgan fingerprint density at radius 2 is 1.67 bits per heavy atom. The molecule has 0 radical (unpaired) electrons. The van der Waals surface area contributed by atoms with Gasteiger partial charge in [-0.25, -0.2) is 0 Å². The average Bonchev–Trinajstić information content (AvgIpc) is 2.55. The lowest BCUT2D eigenvalue weighted by molar-refractivity contribution is 0.0976. The number of Topliss-reactive ketones (excluding diaryl/α,β-unsaturated/α-hetero) is 2. The molecular formula is C20H22BrNO2. The molecule has 24 heavy (non-hydrogen) atoms. The zero-order valence-electron chi connectivity index (χ0n) is 14.3. The van der Waals surface area contributed by atoms with E-state index in [0.717, 1.165) is 12.8 Å². The summed E-state index contributed by atoms with van der Waals surface area (Å²) in [6, 6.07) is 6.91.